The Morgan fingerprint density at radius 1 is 1.17 bits per heavy atom. The van der Waals surface area contributed by atoms with Gasteiger partial charge in [0.2, 0.25) is 5.91 Å². The molecule has 0 saturated carbocycles. The van der Waals surface area contributed by atoms with Gasteiger partial charge in [0.25, 0.3) is 5.56 Å². The van der Waals surface area contributed by atoms with Crippen LogP contribution in [-0.4, -0.2) is 32.3 Å². The molecule has 0 radical (unpaired) electrons. The van der Waals surface area contributed by atoms with Gasteiger partial charge in [-0.2, -0.15) is 5.10 Å². The van der Waals surface area contributed by atoms with Gasteiger partial charge in [-0.1, -0.05) is 29.8 Å². The molecule has 0 bridgehead atoms. The normalized spacial score (nSPS) is 10.9. The van der Waals surface area contributed by atoms with Crippen LogP contribution in [0.1, 0.15) is 11.1 Å². The number of amides is 1. The number of rotatable bonds is 5. The molecule has 8 nitrogen and oxygen atoms in total. The van der Waals surface area contributed by atoms with Crippen molar-refractivity contribution in [1.29, 1.82) is 0 Å². The molecule has 4 aromatic rings. The number of hydrogen-bond donors (Lipinski definition) is 1. The summed E-state index contributed by atoms with van der Waals surface area (Å²) in [5.74, 6) is 0.186. The van der Waals surface area contributed by atoms with Crippen LogP contribution in [0.4, 0.5) is 5.69 Å². The molecule has 1 amide bonds. The first kappa shape index (κ1) is 19.4. The van der Waals surface area contributed by atoms with E-state index in [0.717, 1.165) is 16.8 Å². The van der Waals surface area contributed by atoms with E-state index < -0.39 is 0 Å². The van der Waals surface area contributed by atoms with Crippen LogP contribution in [0.5, 0.6) is 5.75 Å². The Balaban J connectivity index is 1.63. The van der Waals surface area contributed by atoms with Gasteiger partial charge in [0, 0.05) is 0 Å². The lowest BCUT2D eigenvalue weighted by Crippen LogP contribution is -2.28. The number of carbonyl (C=O) groups is 1. The second-order valence-electron chi connectivity index (χ2n) is 7.01. The van der Waals surface area contributed by atoms with E-state index in [-0.39, 0.29) is 18.0 Å². The molecule has 0 fully saturated rings. The first-order valence-electron chi connectivity index (χ1n) is 9.41. The number of benzene rings is 2. The molecular weight excluding hydrogens is 382 g/mol. The van der Waals surface area contributed by atoms with Gasteiger partial charge in [-0.05, 0) is 37.6 Å². The molecule has 0 saturated heterocycles. The maximum atomic E-state index is 12.9. The van der Waals surface area contributed by atoms with Gasteiger partial charge in [-0.3, -0.25) is 14.2 Å². The average molecular weight is 403 g/mol. The Labute approximate surface area is 172 Å². The fourth-order valence-corrected chi connectivity index (χ4v) is 3.37. The smallest absolute Gasteiger partial charge is 0.264 e. The number of carbonyl (C=O) groups excluding carboxylic acids is 1. The molecule has 0 aliphatic rings. The second kappa shape index (κ2) is 7.82. The summed E-state index contributed by atoms with van der Waals surface area (Å²) in [4.78, 5) is 29.7. The standard InChI is InChI=1S/C22H21N5O3/c1-14-8-9-18(15(2)10-14)27-21-16(11-24-27)22(29)26(13-23-21)12-20(28)25-17-6-4-5-7-19(17)30-3/h4-11,13H,12H2,1-3H3,(H,25,28). The highest BCUT2D eigenvalue weighted by Gasteiger charge is 2.15. The Kier molecular flexibility index (Phi) is 5.05. The molecule has 2 aromatic heterocycles. The van der Waals surface area contributed by atoms with Gasteiger partial charge in [-0.15, -0.1) is 0 Å². The van der Waals surface area contributed by atoms with Crippen LogP contribution in [0.2, 0.25) is 0 Å². The molecule has 0 unspecified atom stereocenters. The summed E-state index contributed by atoms with van der Waals surface area (Å²) in [7, 11) is 1.53. The summed E-state index contributed by atoms with van der Waals surface area (Å²) in [6, 6.07) is 13.1. The van der Waals surface area contributed by atoms with Gasteiger partial charge in [0.1, 0.15) is 24.0 Å². The number of fused-ring (bicyclic) bond motifs is 1. The average Bonchev–Trinajstić information content (AvgIpc) is 3.15. The lowest BCUT2D eigenvalue weighted by Gasteiger charge is -2.11. The minimum Gasteiger partial charge on any atom is -0.495 e. The van der Waals surface area contributed by atoms with E-state index in [1.807, 2.05) is 38.1 Å². The Morgan fingerprint density at radius 2 is 1.97 bits per heavy atom. The molecule has 0 aliphatic carbocycles. The van der Waals surface area contributed by atoms with Crippen LogP contribution in [0.25, 0.3) is 16.7 Å². The third kappa shape index (κ3) is 3.55. The molecule has 30 heavy (non-hydrogen) atoms. The Bertz CT molecular complexity index is 1310. The molecule has 0 aliphatic heterocycles. The van der Waals surface area contributed by atoms with Gasteiger partial charge in [0.05, 0.1) is 24.7 Å². The van der Waals surface area contributed by atoms with Crippen LogP contribution in [-0.2, 0) is 11.3 Å². The molecule has 2 aromatic carbocycles. The molecule has 8 heteroatoms. The largest absolute Gasteiger partial charge is 0.495 e. The number of aromatic nitrogens is 4. The number of ether oxygens (including phenoxy) is 1. The van der Waals surface area contributed by atoms with Crippen LogP contribution in [0, 0.1) is 13.8 Å². The summed E-state index contributed by atoms with van der Waals surface area (Å²) in [6.07, 6.45) is 2.85. The quantitative estimate of drug-likeness (QED) is 0.553. The van der Waals surface area contributed by atoms with Crippen LogP contribution >= 0.6 is 0 Å². The Morgan fingerprint density at radius 3 is 2.73 bits per heavy atom. The fourth-order valence-electron chi connectivity index (χ4n) is 3.37. The third-order valence-electron chi connectivity index (χ3n) is 4.83. The lowest BCUT2D eigenvalue weighted by atomic mass is 10.1. The van der Waals surface area contributed by atoms with Crippen molar-refractivity contribution in [3.63, 3.8) is 0 Å². The number of nitrogens with one attached hydrogen (secondary N) is 1. The minimum atomic E-state index is -0.357. The van der Waals surface area contributed by atoms with E-state index >= 15 is 0 Å². The number of hydrogen-bond acceptors (Lipinski definition) is 5. The van der Waals surface area contributed by atoms with Crippen LogP contribution in [0.15, 0.2) is 59.8 Å². The van der Waals surface area contributed by atoms with E-state index in [1.54, 1.807) is 22.9 Å². The number of methoxy groups -OCH3 is 1. The predicted octanol–water partition coefficient (Wildman–Crippen LogP) is 2.85. The first-order valence-corrected chi connectivity index (χ1v) is 9.41. The SMILES string of the molecule is COc1ccccc1NC(=O)Cn1cnc2c(cnn2-c2ccc(C)cc2C)c1=O. The highest BCUT2D eigenvalue weighted by atomic mass is 16.5. The van der Waals surface area contributed by atoms with Crippen molar-refractivity contribution in [2.75, 3.05) is 12.4 Å². The topological polar surface area (TPSA) is 91.0 Å². The van der Waals surface area contributed by atoms with Crippen molar-refractivity contribution < 1.29 is 9.53 Å². The van der Waals surface area contributed by atoms with Gasteiger partial charge in [-0.25, -0.2) is 9.67 Å². The Hall–Kier alpha value is -3.94. The van der Waals surface area contributed by atoms with Gasteiger partial charge in [0.15, 0.2) is 5.65 Å². The molecule has 2 heterocycles. The molecule has 0 atom stereocenters. The van der Waals surface area contributed by atoms with Crippen LogP contribution < -0.4 is 15.6 Å². The molecule has 152 valence electrons. The van der Waals surface area contributed by atoms with E-state index in [2.05, 4.69) is 15.4 Å². The van der Waals surface area contributed by atoms with Crippen LogP contribution in [0.3, 0.4) is 0 Å². The van der Waals surface area contributed by atoms with E-state index in [4.69, 9.17) is 4.74 Å². The number of nitrogens with zero attached hydrogens (tertiary/aromatic N) is 4. The second-order valence-corrected chi connectivity index (χ2v) is 7.01. The van der Waals surface area contributed by atoms with E-state index in [1.165, 1.54) is 24.2 Å². The third-order valence-corrected chi connectivity index (χ3v) is 4.83. The monoisotopic (exact) mass is 403 g/mol. The maximum Gasteiger partial charge on any atom is 0.264 e. The van der Waals surface area contributed by atoms with Crippen molar-refractivity contribution in [1.82, 2.24) is 19.3 Å². The number of anilines is 1. The van der Waals surface area contributed by atoms with E-state index in [9.17, 15) is 9.59 Å². The summed E-state index contributed by atoms with van der Waals surface area (Å²) in [5, 5.41) is 7.46. The summed E-state index contributed by atoms with van der Waals surface area (Å²) in [6.45, 7) is 3.83. The number of aryl methyl sites for hydroxylation is 2. The summed E-state index contributed by atoms with van der Waals surface area (Å²) in [5.41, 5.74) is 3.69. The van der Waals surface area contributed by atoms with Crippen molar-refractivity contribution in [3.05, 3.63) is 76.5 Å². The summed E-state index contributed by atoms with van der Waals surface area (Å²) >= 11 is 0. The maximum absolute atomic E-state index is 12.9. The van der Waals surface area contributed by atoms with Crippen molar-refractivity contribution in [2.45, 2.75) is 20.4 Å². The lowest BCUT2D eigenvalue weighted by molar-refractivity contribution is -0.116. The van der Waals surface area contributed by atoms with Gasteiger partial charge < -0.3 is 10.1 Å². The van der Waals surface area contributed by atoms with Crippen molar-refractivity contribution >= 4 is 22.6 Å². The van der Waals surface area contributed by atoms with Gasteiger partial charge >= 0.3 is 0 Å². The zero-order chi connectivity index (χ0) is 21.3. The molecule has 1 N–H and O–H groups in total. The first-order chi connectivity index (χ1) is 14.5. The minimum absolute atomic E-state index is 0.172. The van der Waals surface area contributed by atoms with Crippen molar-refractivity contribution in [2.24, 2.45) is 0 Å². The zero-order valence-electron chi connectivity index (χ0n) is 16.9. The zero-order valence-corrected chi connectivity index (χ0v) is 16.9. The highest BCUT2D eigenvalue weighted by Crippen LogP contribution is 2.23. The highest BCUT2D eigenvalue weighted by molar-refractivity contribution is 5.92. The predicted molar refractivity (Wildman–Crippen MR) is 114 cm³/mol. The van der Waals surface area contributed by atoms with Crippen molar-refractivity contribution in [3.8, 4) is 11.4 Å². The van der Waals surface area contributed by atoms with E-state index in [0.29, 0.717) is 22.5 Å². The number of para-hydroxylation sites is 2. The fraction of sp³-hybridized carbons (Fsp3) is 0.182. The molecule has 4 rings (SSSR count). The molecular formula is C22H21N5O3. The summed E-state index contributed by atoms with van der Waals surface area (Å²) < 4.78 is 8.14. The molecule has 0 spiro atoms.